The van der Waals surface area contributed by atoms with Crippen molar-refractivity contribution in [1.82, 2.24) is 0 Å². The number of fused-ring (bicyclic) bond motifs is 3. The number of benzene rings is 3. The standard InChI is InChI=1S/C22H19ClN2O4/c1-28-18-8-16(17(23)10-19(18)29-11-20(24)26)15-9-21(27)25-22-13-5-3-2-4-12(13)6-7-14(15)22/h2-8,10,15H,9,11H2,1H3,(H2,24,26)(H,25,27)/t15-/m1/s1. The van der Waals surface area contributed by atoms with E-state index in [1.807, 2.05) is 36.4 Å². The third kappa shape index (κ3) is 3.59. The van der Waals surface area contributed by atoms with Gasteiger partial charge in [0.15, 0.2) is 18.1 Å². The molecule has 29 heavy (non-hydrogen) atoms. The molecule has 6 nitrogen and oxygen atoms in total. The van der Waals surface area contributed by atoms with Crippen LogP contribution in [0.25, 0.3) is 10.8 Å². The first kappa shape index (κ1) is 19.1. The summed E-state index contributed by atoms with van der Waals surface area (Å²) < 4.78 is 10.8. The van der Waals surface area contributed by atoms with Gasteiger partial charge in [0.05, 0.1) is 12.8 Å². The second-order valence-electron chi connectivity index (χ2n) is 6.84. The zero-order valence-corrected chi connectivity index (χ0v) is 16.5. The van der Waals surface area contributed by atoms with Crippen LogP contribution in [0.15, 0.2) is 48.5 Å². The van der Waals surface area contributed by atoms with Gasteiger partial charge in [0.1, 0.15) is 0 Å². The Labute approximate surface area is 172 Å². The molecule has 0 radical (unpaired) electrons. The van der Waals surface area contributed by atoms with Crippen LogP contribution in [0.5, 0.6) is 11.5 Å². The van der Waals surface area contributed by atoms with E-state index in [1.54, 1.807) is 12.1 Å². The summed E-state index contributed by atoms with van der Waals surface area (Å²) in [6, 6.07) is 15.3. The molecule has 0 fully saturated rings. The zero-order chi connectivity index (χ0) is 20.5. The minimum Gasteiger partial charge on any atom is -0.493 e. The molecule has 0 aromatic heterocycles. The topological polar surface area (TPSA) is 90.7 Å². The molecule has 3 aromatic rings. The minimum atomic E-state index is -0.600. The molecule has 148 valence electrons. The first-order valence-corrected chi connectivity index (χ1v) is 9.45. The van der Waals surface area contributed by atoms with Gasteiger partial charge >= 0.3 is 0 Å². The molecule has 2 amide bonds. The molecule has 1 heterocycles. The monoisotopic (exact) mass is 410 g/mol. The van der Waals surface area contributed by atoms with Crippen LogP contribution < -0.4 is 20.5 Å². The van der Waals surface area contributed by atoms with Gasteiger partial charge in [-0.25, -0.2) is 0 Å². The molecule has 1 aliphatic heterocycles. The molecular weight excluding hydrogens is 392 g/mol. The SMILES string of the molecule is COc1cc([C@@H]2CC(=O)Nc3c2ccc2ccccc32)c(Cl)cc1OCC(N)=O. The number of carbonyl (C=O) groups excluding carboxylic acids is 2. The van der Waals surface area contributed by atoms with Crippen molar-refractivity contribution in [3.8, 4) is 11.5 Å². The van der Waals surface area contributed by atoms with Gasteiger partial charge < -0.3 is 20.5 Å². The zero-order valence-electron chi connectivity index (χ0n) is 15.7. The second-order valence-corrected chi connectivity index (χ2v) is 7.24. The molecular formula is C22H19ClN2O4. The van der Waals surface area contributed by atoms with Gasteiger partial charge in [0.2, 0.25) is 5.91 Å². The van der Waals surface area contributed by atoms with E-state index in [4.69, 9.17) is 26.8 Å². The number of anilines is 1. The van der Waals surface area contributed by atoms with E-state index in [2.05, 4.69) is 5.32 Å². The summed E-state index contributed by atoms with van der Waals surface area (Å²) in [6.45, 7) is -0.285. The number of hydrogen-bond donors (Lipinski definition) is 2. The van der Waals surface area contributed by atoms with Crippen LogP contribution in [0.4, 0.5) is 5.69 Å². The highest BCUT2D eigenvalue weighted by molar-refractivity contribution is 6.31. The normalized spacial score (nSPS) is 15.5. The van der Waals surface area contributed by atoms with E-state index < -0.39 is 5.91 Å². The molecule has 0 bridgehead atoms. The van der Waals surface area contributed by atoms with Gasteiger partial charge in [0.25, 0.3) is 5.91 Å². The Morgan fingerprint density at radius 2 is 1.97 bits per heavy atom. The Hall–Kier alpha value is -3.25. The molecule has 0 unspecified atom stereocenters. The van der Waals surface area contributed by atoms with Gasteiger partial charge in [-0.05, 0) is 22.6 Å². The number of methoxy groups -OCH3 is 1. The van der Waals surface area contributed by atoms with E-state index in [0.29, 0.717) is 16.5 Å². The van der Waals surface area contributed by atoms with E-state index in [9.17, 15) is 9.59 Å². The molecule has 0 spiro atoms. The lowest BCUT2D eigenvalue weighted by Gasteiger charge is -2.28. The van der Waals surface area contributed by atoms with Crippen LogP contribution >= 0.6 is 11.6 Å². The molecule has 1 aliphatic rings. The molecule has 0 aliphatic carbocycles. The molecule has 1 atom stereocenters. The maximum Gasteiger partial charge on any atom is 0.255 e. The predicted molar refractivity (Wildman–Crippen MR) is 112 cm³/mol. The van der Waals surface area contributed by atoms with Crippen LogP contribution in [-0.4, -0.2) is 25.5 Å². The van der Waals surface area contributed by atoms with E-state index in [-0.39, 0.29) is 24.9 Å². The predicted octanol–water partition coefficient (Wildman–Crippen LogP) is 3.84. The summed E-state index contributed by atoms with van der Waals surface area (Å²) >= 11 is 6.56. The van der Waals surface area contributed by atoms with Crippen LogP contribution in [-0.2, 0) is 9.59 Å². The van der Waals surface area contributed by atoms with E-state index in [0.717, 1.165) is 27.6 Å². The van der Waals surface area contributed by atoms with Gasteiger partial charge in [-0.1, -0.05) is 48.0 Å². The highest BCUT2D eigenvalue weighted by atomic mass is 35.5. The van der Waals surface area contributed by atoms with E-state index in [1.165, 1.54) is 7.11 Å². The maximum atomic E-state index is 12.5. The van der Waals surface area contributed by atoms with Crippen molar-refractivity contribution < 1.29 is 19.1 Å². The average molecular weight is 411 g/mol. The second kappa shape index (κ2) is 7.64. The average Bonchev–Trinajstić information content (AvgIpc) is 2.71. The molecule has 3 aromatic carbocycles. The summed E-state index contributed by atoms with van der Waals surface area (Å²) in [5.74, 6) is -0.187. The Morgan fingerprint density at radius 1 is 1.17 bits per heavy atom. The highest BCUT2D eigenvalue weighted by Gasteiger charge is 2.30. The van der Waals surface area contributed by atoms with Gasteiger partial charge in [-0.2, -0.15) is 0 Å². The summed E-state index contributed by atoms with van der Waals surface area (Å²) in [6.07, 6.45) is 0.260. The third-order valence-corrected chi connectivity index (χ3v) is 5.35. The first-order chi connectivity index (χ1) is 14.0. The summed E-state index contributed by atoms with van der Waals surface area (Å²) in [5.41, 5.74) is 7.68. The number of carbonyl (C=O) groups is 2. The molecule has 0 saturated carbocycles. The largest absolute Gasteiger partial charge is 0.493 e. The van der Waals surface area contributed by atoms with Crippen molar-refractivity contribution >= 4 is 39.9 Å². The number of rotatable bonds is 5. The van der Waals surface area contributed by atoms with Crippen molar-refractivity contribution in [3.05, 3.63) is 64.7 Å². The number of amides is 2. The Morgan fingerprint density at radius 3 is 2.72 bits per heavy atom. The van der Waals surface area contributed by atoms with Crippen molar-refractivity contribution in [2.24, 2.45) is 5.73 Å². The first-order valence-electron chi connectivity index (χ1n) is 9.08. The number of hydrogen-bond acceptors (Lipinski definition) is 4. The Bertz CT molecular complexity index is 1130. The fourth-order valence-electron chi connectivity index (χ4n) is 3.72. The number of primary amides is 1. The lowest BCUT2D eigenvalue weighted by Crippen LogP contribution is -2.24. The number of nitrogens with two attached hydrogens (primary N) is 1. The minimum absolute atomic E-state index is 0.0806. The molecule has 7 heteroatoms. The lowest BCUT2D eigenvalue weighted by molar-refractivity contribution is -0.120. The fourth-order valence-corrected chi connectivity index (χ4v) is 4.01. The summed E-state index contributed by atoms with van der Waals surface area (Å²) in [4.78, 5) is 23.5. The van der Waals surface area contributed by atoms with E-state index >= 15 is 0 Å². The van der Waals surface area contributed by atoms with Gasteiger partial charge in [0, 0.05) is 28.8 Å². The van der Waals surface area contributed by atoms with Crippen LogP contribution in [0.3, 0.4) is 0 Å². The fraction of sp³-hybridized carbons (Fsp3) is 0.182. The van der Waals surface area contributed by atoms with Crippen molar-refractivity contribution in [3.63, 3.8) is 0 Å². The highest BCUT2D eigenvalue weighted by Crippen LogP contribution is 2.45. The van der Waals surface area contributed by atoms with Crippen molar-refractivity contribution in [1.29, 1.82) is 0 Å². The third-order valence-electron chi connectivity index (χ3n) is 5.02. The number of nitrogens with one attached hydrogen (secondary N) is 1. The van der Waals surface area contributed by atoms with Crippen molar-refractivity contribution in [2.45, 2.75) is 12.3 Å². The van der Waals surface area contributed by atoms with Crippen LogP contribution in [0, 0.1) is 0 Å². The summed E-state index contributed by atoms with van der Waals surface area (Å²) in [7, 11) is 1.50. The molecule has 0 saturated heterocycles. The smallest absolute Gasteiger partial charge is 0.255 e. The molecule has 3 N–H and O–H groups in total. The van der Waals surface area contributed by atoms with Crippen molar-refractivity contribution in [2.75, 3.05) is 19.0 Å². The lowest BCUT2D eigenvalue weighted by atomic mass is 9.83. The van der Waals surface area contributed by atoms with Crippen LogP contribution in [0.1, 0.15) is 23.5 Å². The Kier molecular flexibility index (Phi) is 5.03. The number of halogens is 1. The van der Waals surface area contributed by atoms with Gasteiger partial charge in [-0.3, -0.25) is 9.59 Å². The molecule has 4 rings (SSSR count). The van der Waals surface area contributed by atoms with Crippen LogP contribution in [0.2, 0.25) is 5.02 Å². The summed E-state index contributed by atoms with van der Waals surface area (Å²) in [5, 5.41) is 5.45. The quantitative estimate of drug-likeness (QED) is 0.668. The number of ether oxygens (including phenoxy) is 2. The Balaban J connectivity index is 1.82. The maximum absolute atomic E-state index is 12.5. The van der Waals surface area contributed by atoms with Gasteiger partial charge in [-0.15, -0.1) is 0 Å².